The molecule has 0 atom stereocenters. The topological polar surface area (TPSA) is 75.4 Å². The minimum absolute atomic E-state index is 0.146. The van der Waals surface area contributed by atoms with Crippen LogP contribution in [0.5, 0.6) is 0 Å². The van der Waals surface area contributed by atoms with Crippen molar-refractivity contribution in [1.82, 2.24) is 9.55 Å². The summed E-state index contributed by atoms with van der Waals surface area (Å²) in [7, 11) is 0. The SMILES string of the molecule is O=c1ncccn1CC(O)O. The number of aliphatic hydroxyl groups is 2. The summed E-state index contributed by atoms with van der Waals surface area (Å²) < 4.78 is 1.12. The van der Waals surface area contributed by atoms with Crippen molar-refractivity contribution in [1.29, 1.82) is 0 Å². The average Bonchev–Trinajstić information content (AvgIpc) is 1.93. The first-order valence-electron chi connectivity index (χ1n) is 3.08. The summed E-state index contributed by atoms with van der Waals surface area (Å²) in [6, 6.07) is 1.55. The van der Waals surface area contributed by atoms with Crippen LogP contribution in [-0.2, 0) is 6.54 Å². The summed E-state index contributed by atoms with van der Waals surface area (Å²) >= 11 is 0. The summed E-state index contributed by atoms with van der Waals surface area (Å²) in [5.41, 5.74) is -0.486. The zero-order valence-corrected chi connectivity index (χ0v) is 5.71. The third kappa shape index (κ3) is 2.14. The fourth-order valence-corrected chi connectivity index (χ4v) is 0.702. The van der Waals surface area contributed by atoms with Crippen molar-refractivity contribution in [3.63, 3.8) is 0 Å². The van der Waals surface area contributed by atoms with E-state index >= 15 is 0 Å². The molecule has 1 aromatic heterocycles. The van der Waals surface area contributed by atoms with Gasteiger partial charge in [0.05, 0.1) is 6.54 Å². The van der Waals surface area contributed by atoms with Crippen molar-refractivity contribution in [2.45, 2.75) is 12.8 Å². The lowest BCUT2D eigenvalue weighted by Gasteiger charge is -2.04. The quantitative estimate of drug-likeness (QED) is 0.514. The van der Waals surface area contributed by atoms with E-state index in [1.54, 1.807) is 6.07 Å². The van der Waals surface area contributed by atoms with E-state index in [2.05, 4.69) is 4.98 Å². The second kappa shape index (κ2) is 3.27. The molecule has 0 aromatic carbocycles. The lowest BCUT2D eigenvalue weighted by atomic mass is 10.5. The second-order valence-corrected chi connectivity index (χ2v) is 2.04. The first kappa shape index (κ1) is 7.90. The van der Waals surface area contributed by atoms with Gasteiger partial charge in [-0.3, -0.25) is 4.57 Å². The molecule has 11 heavy (non-hydrogen) atoms. The van der Waals surface area contributed by atoms with Crippen LogP contribution in [0.15, 0.2) is 23.3 Å². The Morgan fingerprint density at radius 1 is 1.64 bits per heavy atom. The Labute approximate surface area is 62.6 Å². The van der Waals surface area contributed by atoms with Gasteiger partial charge in [-0.05, 0) is 6.07 Å². The van der Waals surface area contributed by atoms with Gasteiger partial charge >= 0.3 is 5.69 Å². The van der Waals surface area contributed by atoms with E-state index in [1.165, 1.54) is 12.4 Å². The Balaban J connectivity index is 2.87. The van der Waals surface area contributed by atoms with Crippen LogP contribution in [0.4, 0.5) is 0 Å². The molecule has 60 valence electrons. The molecule has 0 aliphatic heterocycles. The Bertz CT molecular complexity index is 281. The molecule has 1 rings (SSSR count). The van der Waals surface area contributed by atoms with Crippen molar-refractivity contribution in [3.05, 3.63) is 28.9 Å². The first-order valence-corrected chi connectivity index (χ1v) is 3.08. The van der Waals surface area contributed by atoms with Gasteiger partial charge in [0.1, 0.15) is 0 Å². The summed E-state index contributed by atoms with van der Waals surface area (Å²) in [5, 5.41) is 17.0. The van der Waals surface area contributed by atoms with Crippen LogP contribution in [-0.4, -0.2) is 26.1 Å². The molecule has 0 radical (unpaired) electrons. The second-order valence-electron chi connectivity index (χ2n) is 2.04. The molecule has 0 spiro atoms. The van der Waals surface area contributed by atoms with Crippen molar-refractivity contribution in [2.24, 2.45) is 0 Å². The van der Waals surface area contributed by atoms with E-state index in [0.717, 1.165) is 4.57 Å². The molecule has 5 nitrogen and oxygen atoms in total. The smallest absolute Gasteiger partial charge is 0.347 e. The lowest BCUT2D eigenvalue weighted by Crippen LogP contribution is -2.27. The average molecular weight is 156 g/mol. The van der Waals surface area contributed by atoms with E-state index in [1.807, 2.05) is 0 Å². The minimum Gasteiger partial charge on any atom is -0.367 e. The number of aromatic nitrogens is 2. The Morgan fingerprint density at radius 3 is 2.91 bits per heavy atom. The molecule has 5 heteroatoms. The predicted octanol–water partition coefficient (Wildman–Crippen LogP) is -1.45. The van der Waals surface area contributed by atoms with Gasteiger partial charge < -0.3 is 10.2 Å². The van der Waals surface area contributed by atoms with Gasteiger partial charge in [0, 0.05) is 12.4 Å². The van der Waals surface area contributed by atoms with E-state index in [4.69, 9.17) is 10.2 Å². The molecule has 0 unspecified atom stereocenters. The van der Waals surface area contributed by atoms with Crippen LogP contribution in [0.1, 0.15) is 0 Å². The minimum atomic E-state index is -1.52. The van der Waals surface area contributed by atoms with Crippen LogP contribution < -0.4 is 5.69 Å². The van der Waals surface area contributed by atoms with E-state index in [0.29, 0.717) is 0 Å². The third-order valence-corrected chi connectivity index (χ3v) is 1.14. The number of hydrogen-bond acceptors (Lipinski definition) is 4. The predicted molar refractivity (Wildman–Crippen MR) is 36.7 cm³/mol. The van der Waals surface area contributed by atoms with Gasteiger partial charge in [-0.1, -0.05) is 0 Å². The Morgan fingerprint density at radius 2 is 2.36 bits per heavy atom. The van der Waals surface area contributed by atoms with Gasteiger partial charge in [-0.15, -0.1) is 0 Å². The zero-order chi connectivity index (χ0) is 8.27. The summed E-state index contributed by atoms with van der Waals surface area (Å²) in [5.74, 6) is 0. The molecule has 2 N–H and O–H groups in total. The number of rotatable bonds is 2. The van der Waals surface area contributed by atoms with Crippen LogP contribution in [0.25, 0.3) is 0 Å². The van der Waals surface area contributed by atoms with Crippen molar-refractivity contribution in [3.8, 4) is 0 Å². The molecular weight excluding hydrogens is 148 g/mol. The molecule has 0 saturated carbocycles. The van der Waals surface area contributed by atoms with Gasteiger partial charge in [0.25, 0.3) is 0 Å². The van der Waals surface area contributed by atoms with Gasteiger partial charge in [-0.25, -0.2) is 9.78 Å². The summed E-state index contributed by atoms with van der Waals surface area (Å²) in [6.45, 7) is -0.146. The highest BCUT2D eigenvalue weighted by Gasteiger charge is 1.99. The molecule has 1 aromatic rings. The van der Waals surface area contributed by atoms with Crippen LogP contribution in [0.2, 0.25) is 0 Å². The highest BCUT2D eigenvalue weighted by atomic mass is 16.5. The van der Waals surface area contributed by atoms with Crippen molar-refractivity contribution >= 4 is 0 Å². The van der Waals surface area contributed by atoms with Crippen LogP contribution >= 0.6 is 0 Å². The fourth-order valence-electron chi connectivity index (χ4n) is 0.702. The molecule has 0 aliphatic carbocycles. The Kier molecular flexibility index (Phi) is 2.35. The maximum atomic E-state index is 10.8. The molecule has 0 aliphatic rings. The van der Waals surface area contributed by atoms with E-state index in [-0.39, 0.29) is 6.54 Å². The molecule has 0 bridgehead atoms. The highest BCUT2D eigenvalue weighted by molar-refractivity contribution is 4.80. The Hall–Kier alpha value is -1.20. The first-order chi connectivity index (χ1) is 5.20. The van der Waals surface area contributed by atoms with Crippen molar-refractivity contribution < 1.29 is 10.2 Å². The molecule has 0 saturated heterocycles. The van der Waals surface area contributed by atoms with Crippen LogP contribution in [0.3, 0.4) is 0 Å². The summed E-state index contributed by atoms with van der Waals surface area (Å²) in [6.07, 6.45) is 1.27. The molecule has 1 heterocycles. The third-order valence-electron chi connectivity index (χ3n) is 1.14. The number of hydrogen-bond donors (Lipinski definition) is 2. The summed E-state index contributed by atoms with van der Waals surface area (Å²) in [4.78, 5) is 14.2. The normalized spacial score (nSPS) is 10.5. The molecule has 0 fully saturated rings. The number of aliphatic hydroxyl groups excluding tert-OH is 1. The standard InChI is InChI=1S/C6H8N2O3/c9-5(10)4-8-3-1-2-7-6(8)11/h1-3,5,9-10H,4H2. The lowest BCUT2D eigenvalue weighted by molar-refractivity contribution is -0.0521. The zero-order valence-electron chi connectivity index (χ0n) is 5.71. The fraction of sp³-hybridized carbons (Fsp3) is 0.333. The van der Waals surface area contributed by atoms with Gasteiger partial charge in [0.15, 0.2) is 6.29 Å². The van der Waals surface area contributed by atoms with Crippen LogP contribution in [0, 0.1) is 0 Å². The van der Waals surface area contributed by atoms with E-state index < -0.39 is 12.0 Å². The highest BCUT2D eigenvalue weighted by Crippen LogP contribution is 1.82. The maximum Gasteiger partial charge on any atom is 0.347 e. The number of nitrogens with zero attached hydrogens (tertiary/aromatic N) is 2. The van der Waals surface area contributed by atoms with E-state index in [9.17, 15) is 4.79 Å². The van der Waals surface area contributed by atoms with Crippen molar-refractivity contribution in [2.75, 3.05) is 0 Å². The molecular formula is C6H8N2O3. The van der Waals surface area contributed by atoms with Gasteiger partial charge in [0.2, 0.25) is 0 Å². The largest absolute Gasteiger partial charge is 0.367 e. The van der Waals surface area contributed by atoms with Gasteiger partial charge in [-0.2, -0.15) is 0 Å². The monoisotopic (exact) mass is 156 g/mol. The maximum absolute atomic E-state index is 10.8. The molecule has 0 amide bonds.